The molecule has 2 saturated heterocycles. The quantitative estimate of drug-likeness (QED) is 0.202. The molecular weight excluding hydrogens is 586 g/mol. The molecule has 0 saturated carbocycles. The van der Waals surface area contributed by atoms with E-state index in [0.29, 0.717) is 38.2 Å². The predicted octanol–water partition coefficient (Wildman–Crippen LogP) is 2.28. The topological polar surface area (TPSA) is 189 Å². The van der Waals surface area contributed by atoms with Gasteiger partial charge in [-0.3, -0.25) is 14.4 Å². The van der Waals surface area contributed by atoms with Gasteiger partial charge in [0.05, 0.1) is 6.20 Å². The number of ether oxygens (including phenoxy) is 1. The summed E-state index contributed by atoms with van der Waals surface area (Å²) < 4.78 is 11.3. The van der Waals surface area contributed by atoms with Crippen LogP contribution in [0.2, 0.25) is 0 Å². The van der Waals surface area contributed by atoms with Gasteiger partial charge in [-0.2, -0.15) is 0 Å². The lowest BCUT2D eigenvalue weighted by atomic mass is 9.94. The summed E-state index contributed by atoms with van der Waals surface area (Å²) in [5, 5.41) is 44.5. The molecule has 1 aromatic carbocycles. The molecule has 1 aromatic heterocycles. The highest BCUT2D eigenvalue weighted by molar-refractivity contribution is 6.04. The Morgan fingerprint density at radius 3 is 2.27 bits per heavy atom. The van der Waals surface area contributed by atoms with E-state index in [2.05, 4.69) is 15.2 Å². The van der Waals surface area contributed by atoms with Crippen molar-refractivity contribution in [3.63, 3.8) is 0 Å². The molecule has 45 heavy (non-hydrogen) atoms. The molecule has 0 aliphatic carbocycles. The normalized spacial score (nSPS) is 18.3. The molecule has 2 unspecified atom stereocenters. The summed E-state index contributed by atoms with van der Waals surface area (Å²) in [6.45, 7) is 12.1. The highest BCUT2D eigenvalue weighted by atomic mass is 16.5. The minimum absolute atomic E-state index is 0.0541. The van der Waals surface area contributed by atoms with E-state index < -0.39 is 64.8 Å². The zero-order valence-corrected chi connectivity index (χ0v) is 26.8. The third kappa shape index (κ3) is 7.38. The molecule has 14 nitrogen and oxygen atoms in total. The smallest absolute Gasteiger partial charge is 0.259 e. The number of benzene rings is 1. The van der Waals surface area contributed by atoms with Crippen molar-refractivity contribution in [1.29, 1.82) is 0 Å². The maximum absolute atomic E-state index is 13.9. The fourth-order valence-corrected chi connectivity index (χ4v) is 5.53. The Morgan fingerprint density at radius 2 is 1.67 bits per heavy atom. The number of phenols is 4. The fraction of sp³-hybridized carbons (Fsp3) is 0.613. The van der Waals surface area contributed by atoms with Gasteiger partial charge in [-0.25, -0.2) is 4.98 Å². The number of rotatable bonds is 9. The Morgan fingerprint density at radius 1 is 1.02 bits per heavy atom. The fourth-order valence-electron chi connectivity index (χ4n) is 5.53. The number of carbonyl (C=O) groups excluding carboxylic acids is 3. The third-order valence-electron chi connectivity index (χ3n) is 8.16. The van der Waals surface area contributed by atoms with Crippen molar-refractivity contribution in [3.05, 3.63) is 23.4 Å². The van der Waals surface area contributed by atoms with Crippen molar-refractivity contribution < 1.29 is 44.0 Å². The highest BCUT2D eigenvalue weighted by Gasteiger charge is 2.41. The summed E-state index contributed by atoms with van der Waals surface area (Å²) in [5.74, 6) is -5.95. The van der Waals surface area contributed by atoms with Crippen LogP contribution in [0, 0.1) is 5.92 Å². The van der Waals surface area contributed by atoms with Crippen LogP contribution in [0.25, 0.3) is 0 Å². The number of piperazine rings is 1. The summed E-state index contributed by atoms with van der Waals surface area (Å²) in [4.78, 5) is 50.6. The molecule has 2 aromatic rings. The average molecular weight is 632 g/mol. The van der Waals surface area contributed by atoms with Gasteiger partial charge < -0.3 is 49.6 Å². The van der Waals surface area contributed by atoms with Gasteiger partial charge in [0.15, 0.2) is 18.1 Å². The van der Waals surface area contributed by atoms with Gasteiger partial charge in [0.2, 0.25) is 35.0 Å². The maximum atomic E-state index is 13.9. The number of nitrogens with one attached hydrogen (secondary N) is 1. The molecule has 4 rings (SSSR count). The molecule has 0 radical (unpaired) electrons. The molecule has 2 fully saturated rings. The monoisotopic (exact) mass is 631 g/mol. The van der Waals surface area contributed by atoms with Crippen LogP contribution in [-0.4, -0.2) is 110 Å². The number of aromatic nitrogens is 1. The Balaban J connectivity index is 1.59. The van der Waals surface area contributed by atoms with Crippen LogP contribution >= 0.6 is 0 Å². The third-order valence-corrected chi connectivity index (χ3v) is 8.16. The SMILES string of the molecule is CC(C)CC(NC(=O)c1c(O)c(O)c(O)c(O)c1OCc1ncc(C(C)(C)C)o1)C(=O)N1CCCC1C(=O)N1CCN(C)CC1. The van der Waals surface area contributed by atoms with E-state index in [0.717, 1.165) is 13.1 Å². The molecule has 0 bridgehead atoms. The molecule has 2 aliphatic rings. The van der Waals surface area contributed by atoms with Gasteiger partial charge in [-0.15, -0.1) is 0 Å². The Bertz CT molecular complexity index is 1410. The van der Waals surface area contributed by atoms with Crippen molar-refractivity contribution >= 4 is 17.7 Å². The lowest BCUT2D eigenvalue weighted by molar-refractivity contribution is -0.145. The number of hydrogen-bond donors (Lipinski definition) is 5. The van der Waals surface area contributed by atoms with E-state index in [1.165, 1.54) is 11.1 Å². The molecule has 2 aliphatic heterocycles. The first-order chi connectivity index (χ1) is 21.1. The number of aromatic hydroxyl groups is 4. The van der Waals surface area contributed by atoms with Crippen LogP contribution in [0.3, 0.4) is 0 Å². The van der Waals surface area contributed by atoms with E-state index in [1.54, 1.807) is 4.90 Å². The average Bonchev–Trinajstić information content (AvgIpc) is 3.66. The summed E-state index contributed by atoms with van der Waals surface area (Å²) in [7, 11) is 1.99. The number of amides is 3. The van der Waals surface area contributed by atoms with Crippen molar-refractivity contribution in [1.82, 2.24) is 25.0 Å². The van der Waals surface area contributed by atoms with Crippen LogP contribution in [0.5, 0.6) is 28.7 Å². The number of phenolic OH excluding ortho intramolecular Hbond substituents is 4. The first-order valence-electron chi connectivity index (χ1n) is 15.3. The minimum atomic E-state index is -1.14. The van der Waals surface area contributed by atoms with E-state index in [9.17, 15) is 34.8 Å². The Hall–Kier alpha value is -4.20. The zero-order valence-electron chi connectivity index (χ0n) is 26.8. The molecule has 248 valence electrons. The second-order valence-corrected chi connectivity index (χ2v) is 13.2. The number of likely N-dealkylation sites (tertiary alicyclic amines) is 1. The second kappa shape index (κ2) is 13.4. The Kier molecular flexibility index (Phi) is 10.1. The standard InChI is InChI=1S/C31H45N5O9/c1-17(2)14-18(29(42)36-9-7-8-19(36)30(43)35-12-10-34(6)11-13-35)33-28(41)22-23(37)24(38)25(39)26(40)27(22)44-16-21-32-15-20(45-21)31(3,4)5/h15,17-19,37-40H,7-14,16H2,1-6H3,(H,33,41). The van der Waals surface area contributed by atoms with Gasteiger partial charge in [-0.05, 0) is 32.2 Å². The van der Waals surface area contributed by atoms with Gasteiger partial charge >= 0.3 is 0 Å². The van der Waals surface area contributed by atoms with Crippen LogP contribution < -0.4 is 10.1 Å². The number of likely N-dealkylation sites (N-methyl/N-ethyl adjacent to an activating group) is 1. The molecular formula is C31H45N5O9. The van der Waals surface area contributed by atoms with Gasteiger partial charge in [-0.1, -0.05) is 34.6 Å². The summed E-state index contributed by atoms with van der Waals surface area (Å²) in [6.07, 6.45) is 2.86. The van der Waals surface area contributed by atoms with Gasteiger partial charge in [0.25, 0.3) is 5.91 Å². The summed E-state index contributed by atoms with van der Waals surface area (Å²) in [5.41, 5.74) is -1.05. The van der Waals surface area contributed by atoms with Crippen LogP contribution in [0.4, 0.5) is 0 Å². The van der Waals surface area contributed by atoms with Crippen LogP contribution in [-0.2, 0) is 21.6 Å². The predicted molar refractivity (Wildman–Crippen MR) is 162 cm³/mol. The highest BCUT2D eigenvalue weighted by Crippen LogP contribution is 2.51. The second-order valence-electron chi connectivity index (χ2n) is 13.2. The first kappa shape index (κ1) is 33.7. The van der Waals surface area contributed by atoms with Crippen LogP contribution in [0.15, 0.2) is 10.6 Å². The van der Waals surface area contributed by atoms with E-state index in [1.807, 2.05) is 41.7 Å². The van der Waals surface area contributed by atoms with E-state index >= 15 is 0 Å². The number of carbonyl (C=O) groups is 3. The van der Waals surface area contributed by atoms with Gasteiger partial charge in [0, 0.05) is 38.1 Å². The zero-order chi connectivity index (χ0) is 33.2. The first-order valence-corrected chi connectivity index (χ1v) is 15.3. The van der Waals surface area contributed by atoms with Crippen molar-refractivity contribution in [2.75, 3.05) is 39.8 Å². The molecule has 3 amide bonds. The summed E-state index contributed by atoms with van der Waals surface area (Å²) in [6, 6.07) is -1.76. The lowest BCUT2D eigenvalue weighted by Gasteiger charge is -2.36. The largest absolute Gasteiger partial charge is 0.504 e. The lowest BCUT2D eigenvalue weighted by Crippen LogP contribution is -2.56. The molecule has 3 heterocycles. The van der Waals surface area contributed by atoms with Crippen molar-refractivity contribution in [2.45, 2.75) is 78.0 Å². The Labute approximate surface area is 262 Å². The molecule has 14 heteroatoms. The number of hydrogen-bond acceptors (Lipinski definition) is 11. The summed E-state index contributed by atoms with van der Waals surface area (Å²) >= 11 is 0. The van der Waals surface area contributed by atoms with E-state index in [4.69, 9.17) is 9.15 Å². The van der Waals surface area contributed by atoms with Gasteiger partial charge in [0.1, 0.15) is 23.4 Å². The number of oxazole rings is 1. The van der Waals surface area contributed by atoms with Crippen LogP contribution in [0.1, 0.15) is 75.9 Å². The molecule has 2 atom stereocenters. The van der Waals surface area contributed by atoms with Crippen molar-refractivity contribution in [3.8, 4) is 28.7 Å². The number of nitrogens with zero attached hydrogens (tertiary/aromatic N) is 4. The minimum Gasteiger partial charge on any atom is -0.504 e. The molecule has 5 N–H and O–H groups in total. The van der Waals surface area contributed by atoms with Crippen molar-refractivity contribution in [2.24, 2.45) is 5.92 Å². The van der Waals surface area contributed by atoms with E-state index in [-0.39, 0.29) is 29.6 Å². The maximum Gasteiger partial charge on any atom is 0.259 e. The molecule has 0 spiro atoms.